The molecule has 1 amide bonds. The number of carbonyl (C=O) groups excluding carboxylic acids is 1. The molecule has 0 radical (unpaired) electrons. The van der Waals surface area contributed by atoms with Crippen LogP contribution in [0.5, 0.6) is 5.75 Å². The number of nitrogens with zero attached hydrogens (tertiary/aromatic N) is 1. The van der Waals surface area contributed by atoms with Crippen LogP contribution in [0.4, 0.5) is 0 Å². The van der Waals surface area contributed by atoms with E-state index in [-0.39, 0.29) is 12.0 Å². The quantitative estimate of drug-likeness (QED) is 0.678. The zero-order valence-electron chi connectivity index (χ0n) is 11.1. The topological polar surface area (TPSA) is 41.6 Å². The molecule has 0 unspecified atom stereocenters. The molecule has 4 nitrogen and oxygen atoms in total. The smallest absolute Gasteiger partial charge is 0.276 e. The lowest BCUT2D eigenvalue weighted by molar-refractivity contribution is -0.121. The predicted octanol–water partition coefficient (Wildman–Crippen LogP) is 2.16. The molecule has 1 aromatic carbocycles. The molecule has 0 atom stereocenters. The van der Waals surface area contributed by atoms with Crippen molar-refractivity contribution in [3.05, 3.63) is 35.5 Å². The minimum atomic E-state index is -0.118. The molecule has 1 heterocycles. The van der Waals surface area contributed by atoms with Crippen LogP contribution >= 0.6 is 12.2 Å². The molecule has 2 rings (SSSR count). The SMILES string of the molecule is CC(C)Oc1ccc(/C=C2/NC(=S)N(C)C2=O)cc1. The molecule has 0 spiro atoms. The fourth-order valence-corrected chi connectivity index (χ4v) is 1.90. The Labute approximate surface area is 118 Å². The maximum Gasteiger partial charge on any atom is 0.276 e. The number of ether oxygens (including phenoxy) is 1. The highest BCUT2D eigenvalue weighted by Gasteiger charge is 2.26. The Morgan fingerprint density at radius 3 is 2.42 bits per heavy atom. The van der Waals surface area contributed by atoms with Crippen molar-refractivity contribution < 1.29 is 9.53 Å². The molecule has 1 N–H and O–H groups in total. The molecular weight excluding hydrogens is 260 g/mol. The van der Waals surface area contributed by atoms with Gasteiger partial charge < -0.3 is 10.1 Å². The van der Waals surface area contributed by atoms with Crippen LogP contribution in [0.25, 0.3) is 6.08 Å². The summed E-state index contributed by atoms with van der Waals surface area (Å²) in [6.45, 7) is 3.96. The molecule has 1 saturated heterocycles. The Morgan fingerprint density at radius 2 is 1.95 bits per heavy atom. The van der Waals surface area contributed by atoms with Crippen molar-refractivity contribution in [3.63, 3.8) is 0 Å². The lowest BCUT2D eigenvalue weighted by Crippen LogP contribution is -2.25. The van der Waals surface area contributed by atoms with E-state index in [1.54, 1.807) is 13.1 Å². The molecule has 1 aliphatic heterocycles. The number of nitrogens with one attached hydrogen (secondary N) is 1. The van der Waals surface area contributed by atoms with Crippen molar-refractivity contribution >= 4 is 29.3 Å². The maximum absolute atomic E-state index is 11.8. The fourth-order valence-electron chi connectivity index (χ4n) is 1.70. The maximum atomic E-state index is 11.8. The number of rotatable bonds is 3. The van der Waals surface area contributed by atoms with Crippen LogP contribution in [0.15, 0.2) is 30.0 Å². The molecule has 0 bridgehead atoms. The number of thiocarbonyl (C=S) groups is 1. The molecule has 19 heavy (non-hydrogen) atoms. The first-order chi connectivity index (χ1) is 8.97. The zero-order chi connectivity index (χ0) is 14.0. The number of hydrogen-bond acceptors (Lipinski definition) is 3. The Kier molecular flexibility index (Phi) is 3.85. The number of likely N-dealkylation sites (N-methyl/N-ethyl adjacent to an activating group) is 1. The van der Waals surface area contributed by atoms with E-state index >= 15 is 0 Å². The van der Waals surface area contributed by atoms with Gasteiger partial charge in [-0.25, -0.2) is 0 Å². The summed E-state index contributed by atoms with van der Waals surface area (Å²) in [4.78, 5) is 13.2. The van der Waals surface area contributed by atoms with Gasteiger partial charge in [0, 0.05) is 7.05 Å². The van der Waals surface area contributed by atoms with E-state index in [4.69, 9.17) is 17.0 Å². The van der Waals surface area contributed by atoms with E-state index in [2.05, 4.69) is 5.32 Å². The summed E-state index contributed by atoms with van der Waals surface area (Å²) in [7, 11) is 1.65. The minimum Gasteiger partial charge on any atom is -0.491 e. The normalized spacial score (nSPS) is 17.3. The standard InChI is InChI=1S/C14H16N2O2S/c1-9(2)18-11-6-4-10(5-7-11)8-12-13(17)16(3)14(19)15-12/h4-9H,1-3H3,(H,15,19)/b12-8+. The number of amides is 1. The molecule has 100 valence electrons. The summed E-state index contributed by atoms with van der Waals surface area (Å²) in [6, 6.07) is 7.57. The van der Waals surface area contributed by atoms with Crippen molar-refractivity contribution in [1.29, 1.82) is 0 Å². The molecule has 1 aliphatic rings. The van der Waals surface area contributed by atoms with E-state index in [1.165, 1.54) is 4.90 Å². The molecule has 0 aliphatic carbocycles. The van der Waals surface area contributed by atoms with Gasteiger partial charge in [0.25, 0.3) is 5.91 Å². The summed E-state index contributed by atoms with van der Waals surface area (Å²) in [5.74, 6) is 0.697. The minimum absolute atomic E-state index is 0.118. The molecule has 1 fully saturated rings. The van der Waals surface area contributed by atoms with E-state index in [1.807, 2.05) is 38.1 Å². The molecule has 0 aromatic heterocycles. The Morgan fingerprint density at radius 1 is 1.32 bits per heavy atom. The second-order valence-corrected chi connectivity index (χ2v) is 4.97. The second kappa shape index (κ2) is 5.40. The number of carbonyl (C=O) groups is 1. The molecular formula is C14H16N2O2S. The van der Waals surface area contributed by atoms with Crippen LogP contribution in [-0.4, -0.2) is 29.1 Å². The average Bonchev–Trinajstić information content (AvgIpc) is 2.59. The predicted molar refractivity (Wildman–Crippen MR) is 78.7 cm³/mol. The van der Waals surface area contributed by atoms with E-state index in [0.717, 1.165) is 11.3 Å². The Balaban J connectivity index is 2.16. The first-order valence-electron chi connectivity index (χ1n) is 6.05. The monoisotopic (exact) mass is 276 g/mol. The highest BCUT2D eigenvalue weighted by molar-refractivity contribution is 7.80. The van der Waals surface area contributed by atoms with Gasteiger partial charge in [-0.1, -0.05) is 12.1 Å². The average molecular weight is 276 g/mol. The Hall–Kier alpha value is -1.88. The third-order valence-corrected chi connectivity index (χ3v) is 3.02. The Bertz CT molecular complexity index is 535. The van der Waals surface area contributed by atoms with Gasteiger partial charge in [-0.3, -0.25) is 9.69 Å². The van der Waals surface area contributed by atoms with Crippen LogP contribution in [0.1, 0.15) is 19.4 Å². The van der Waals surface area contributed by atoms with Gasteiger partial charge in [-0.2, -0.15) is 0 Å². The summed E-state index contributed by atoms with van der Waals surface area (Å²) in [5.41, 5.74) is 1.41. The highest BCUT2D eigenvalue weighted by Crippen LogP contribution is 2.17. The van der Waals surface area contributed by atoms with Crippen molar-refractivity contribution in [2.24, 2.45) is 0 Å². The fraction of sp³-hybridized carbons (Fsp3) is 0.286. The van der Waals surface area contributed by atoms with Gasteiger partial charge >= 0.3 is 0 Å². The lowest BCUT2D eigenvalue weighted by atomic mass is 10.2. The second-order valence-electron chi connectivity index (χ2n) is 4.59. The zero-order valence-corrected chi connectivity index (χ0v) is 12.0. The van der Waals surface area contributed by atoms with Gasteiger partial charge in [0.2, 0.25) is 0 Å². The van der Waals surface area contributed by atoms with Crippen LogP contribution in [-0.2, 0) is 4.79 Å². The molecule has 0 saturated carbocycles. The van der Waals surface area contributed by atoms with Crippen molar-refractivity contribution in [1.82, 2.24) is 10.2 Å². The van der Waals surface area contributed by atoms with Crippen LogP contribution in [0.3, 0.4) is 0 Å². The first kappa shape index (κ1) is 13.5. The van der Waals surface area contributed by atoms with Crippen LogP contribution in [0, 0.1) is 0 Å². The van der Waals surface area contributed by atoms with E-state index in [9.17, 15) is 4.79 Å². The largest absolute Gasteiger partial charge is 0.491 e. The lowest BCUT2D eigenvalue weighted by Gasteiger charge is -2.09. The van der Waals surface area contributed by atoms with E-state index < -0.39 is 0 Å². The molecule has 5 heteroatoms. The first-order valence-corrected chi connectivity index (χ1v) is 6.45. The van der Waals surface area contributed by atoms with Gasteiger partial charge in [0.15, 0.2) is 5.11 Å². The number of hydrogen-bond donors (Lipinski definition) is 1. The summed E-state index contributed by atoms with van der Waals surface area (Å²) >= 11 is 5.01. The van der Waals surface area contributed by atoms with E-state index in [0.29, 0.717) is 10.8 Å². The van der Waals surface area contributed by atoms with Crippen LogP contribution in [0.2, 0.25) is 0 Å². The molecule has 1 aromatic rings. The van der Waals surface area contributed by atoms with Crippen molar-refractivity contribution in [3.8, 4) is 5.75 Å². The third kappa shape index (κ3) is 3.12. The number of benzene rings is 1. The van der Waals surface area contributed by atoms with Crippen LogP contribution < -0.4 is 10.1 Å². The summed E-state index contributed by atoms with van der Waals surface area (Å²) < 4.78 is 5.56. The van der Waals surface area contributed by atoms with Gasteiger partial charge in [-0.15, -0.1) is 0 Å². The summed E-state index contributed by atoms with van der Waals surface area (Å²) in [5, 5.41) is 3.31. The van der Waals surface area contributed by atoms with Gasteiger partial charge in [0.1, 0.15) is 11.4 Å². The van der Waals surface area contributed by atoms with Gasteiger partial charge in [-0.05, 0) is 49.8 Å². The summed E-state index contributed by atoms with van der Waals surface area (Å²) in [6.07, 6.45) is 1.92. The highest BCUT2D eigenvalue weighted by atomic mass is 32.1. The van der Waals surface area contributed by atoms with Crippen molar-refractivity contribution in [2.45, 2.75) is 20.0 Å². The van der Waals surface area contributed by atoms with Gasteiger partial charge in [0.05, 0.1) is 6.10 Å². The van der Waals surface area contributed by atoms with Crippen molar-refractivity contribution in [2.75, 3.05) is 7.05 Å². The third-order valence-electron chi connectivity index (χ3n) is 2.64.